The maximum atomic E-state index is 12.8. The fourth-order valence-corrected chi connectivity index (χ4v) is 4.12. The van der Waals surface area contributed by atoms with Crippen LogP contribution >= 0.6 is 15.9 Å². The Morgan fingerprint density at radius 2 is 2.00 bits per heavy atom. The van der Waals surface area contributed by atoms with Crippen LogP contribution in [0.3, 0.4) is 0 Å². The van der Waals surface area contributed by atoms with Crippen molar-refractivity contribution in [2.45, 2.75) is 44.9 Å². The smallest absolute Gasteiger partial charge is 0.411 e. The van der Waals surface area contributed by atoms with Crippen molar-refractivity contribution in [3.63, 3.8) is 0 Å². The molecule has 0 unspecified atom stereocenters. The molecule has 1 fully saturated rings. The van der Waals surface area contributed by atoms with E-state index in [1.165, 1.54) is 11.1 Å². The van der Waals surface area contributed by atoms with Crippen molar-refractivity contribution in [1.29, 1.82) is 0 Å². The van der Waals surface area contributed by atoms with Gasteiger partial charge in [0.1, 0.15) is 17.3 Å². The average Bonchev–Trinajstić information content (AvgIpc) is 3.31. The summed E-state index contributed by atoms with van der Waals surface area (Å²) in [7, 11) is 0. The van der Waals surface area contributed by atoms with Crippen molar-refractivity contribution < 1.29 is 23.9 Å². The van der Waals surface area contributed by atoms with E-state index in [1.807, 2.05) is 6.08 Å². The van der Waals surface area contributed by atoms with Gasteiger partial charge in [0.15, 0.2) is 6.61 Å². The Bertz CT molecular complexity index is 1170. The predicted octanol–water partition coefficient (Wildman–Crippen LogP) is 3.84. The number of fused-ring (bicyclic) bond motifs is 2. The molecule has 3 atom stereocenters. The second-order valence-electron chi connectivity index (χ2n) is 8.71. The fourth-order valence-electron chi connectivity index (χ4n) is 3.77. The third-order valence-electron chi connectivity index (χ3n) is 5.18. The normalized spacial score (nSPS) is 21.6. The SMILES string of the molecule is CC(C)(C)OC(=O)N1[C@H](C(=O)OCC(=O)c2cnc3cc(Br)ccc3n2)C[C@@H]2C=C=C[C@@H]21. The highest BCUT2D eigenvalue weighted by atomic mass is 79.9. The second-order valence-corrected chi connectivity index (χ2v) is 9.63. The van der Waals surface area contributed by atoms with Crippen LogP contribution in [0.5, 0.6) is 0 Å². The number of hydrogen-bond donors (Lipinski definition) is 0. The van der Waals surface area contributed by atoms with Crippen LogP contribution in [0.15, 0.2) is 46.8 Å². The van der Waals surface area contributed by atoms with E-state index >= 15 is 0 Å². The number of likely N-dealkylation sites (tertiary alicyclic amines) is 1. The van der Waals surface area contributed by atoms with Gasteiger partial charge in [0, 0.05) is 10.4 Å². The lowest BCUT2D eigenvalue weighted by atomic mass is 10.0. The van der Waals surface area contributed by atoms with Crippen LogP contribution in [0.25, 0.3) is 11.0 Å². The molecule has 1 aromatic carbocycles. The number of ketones is 1. The van der Waals surface area contributed by atoms with Crippen LogP contribution in [0.1, 0.15) is 37.7 Å². The van der Waals surface area contributed by atoms with Crippen LogP contribution in [0, 0.1) is 5.92 Å². The molecule has 0 N–H and O–H groups in total. The lowest BCUT2D eigenvalue weighted by molar-refractivity contribution is -0.147. The Hall–Kier alpha value is -3.03. The molecule has 0 saturated carbocycles. The Kier molecular flexibility index (Phi) is 5.88. The topological polar surface area (TPSA) is 98.7 Å². The maximum Gasteiger partial charge on any atom is 0.411 e. The first-order chi connectivity index (χ1) is 15.1. The van der Waals surface area contributed by atoms with Crippen LogP contribution in [-0.2, 0) is 14.3 Å². The largest absolute Gasteiger partial charge is 0.456 e. The molecule has 1 aliphatic carbocycles. The van der Waals surface area contributed by atoms with E-state index in [0.717, 1.165) is 4.47 Å². The summed E-state index contributed by atoms with van der Waals surface area (Å²) >= 11 is 3.36. The molecule has 1 aliphatic heterocycles. The Morgan fingerprint density at radius 1 is 1.22 bits per heavy atom. The van der Waals surface area contributed by atoms with Gasteiger partial charge in [0.2, 0.25) is 5.78 Å². The molecule has 32 heavy (non-hydrogen) atoms. The quantitative estimate of drug-likeness (QED) is 0.358. The number of ether oxygens (including phenoxy) is 2. The van der Waals surface area contributed by atoms with E-state index < -0.39 is 36.1 Å². The van der Waals surface area contributed by atoms with Crippen molar-refractivity contribution in [1.82, 2.24) is 14.9 Å². The monoisotopic (exact) mass is 499 g/mol. The highest BCUT2D eigenvalue weighted by Crippen LogP contribution is 2.36. The summed E-state index contributed by atoms with van der Waals surface area (Å²) in [6.07, 6.45) is 4.72. The first-order valence-corrected chi connectivity index (χ1v) is 11.0. The lowest BCUT2D eigenvalue weighted by Gasteiger charge is -2.30. The number of carbonyl (C=O) groups excluding carboxylic acids is 3. The Morgan fingerprint density at radius 3 is 2.75 bits per heavy atom. The lowest BCUT2D eigenvalue weighted by Crippen LogP contribution is -2.47. The zero-order valence-corrected chi connectivity index (χ0v) is 19.5. The molecular weight excluding hydrogens is 478 g/mol. The molecule has 2 heterocycles. The van der Waals surface area contributed by atoms with Gasteiger partial charge in [-0.25, -0.2) is 14.6 Å². The second kappa shape index (κ2) is 8.48. The molecule has 1 aromatic heterocycles. The minimum Gasteiger partial charge on any atom is -0.456 e. The molecule has 1 amide bonds. The molecule has 2 aromatic rings. The number of carbonyl (C=O) groups is 3. The predicted molar refractivity (Wildman–Crippen MR) is 119 cm³/mol. The zero-order chi connectivity index (χ0) is 23.0. The van der Waals surface area contributed by atoms with Gasteiger partial charge in [-0.15, -0.1) is 5.73 Å². The van der Waals surface area contributed by atoms with E-state index in [-0.39, 0.29) is 17.7 Å². The summed E-state index contributed by atoms with van der Waals surface area (Å²) in [5.74, 6) is -1.17. The number of Topliss-reactive ketones (excluding diaryl/α,β-unsaturated/α-hetero) is 1. The van der Waals surface area contributed by atoms with E-state index in [1.54, 1.807) is 45.0 Å². The molecule has 0 bridgehead atoms. The zero-order valence-electron chi connectivity index (χ0n) is 17.9. The Balaban J connectivity index is 1.44. The summed E-state index contributed by atoms with van der Waals surface area (Å²) < 4.78 is 11.6. The first-order valence-electron chi connectivity index (χ1n) is 10.2. The standard InChI is InChI=1S/C23H22BrN3O5/c1-23(2,3)32-22(30)27-18-6-4-5-13(18)9-19(27)21(29)31-12-20(28)17-11-25-16-10-14(24)7-8-15(16)26-17/h5-8,10-11,13,18-19H,9,12H2,1-3H3/t13-,18-,19-/m0/s1. The number of rotatable bonds is 4. The summed E-state index contributed by atoms with van der Waals surface area (Å²) in [6.45, 7) is 4.79. The summed E-state index contributed by atoms with van der Waals surface area (Å²) in [4.78, 5) is 48.1. The number of esters is 1. The van der Waals surface area contributed by atoms with Gasteiger partial charge in [-0.2, -0.15) is 0 Å². The van der Waals surface area contributed by atoms with E-state index in [4.69, 9.17) is 9.47 Å². The average molecular weight is 500 g/mol. The number of aromatic nitrogens is 2. The molecule has 4 rings (SSSR count). The molecule has 1 saturated heterocycles. The third-order valence-corrected chi connectivity index (χ3v) is 5.67. The van der Waals surface area contributed by atoms with Crippen molar-refractivity contribution in [2.24, 2.45) is 5.92 Å². The molecule has 9 heteroatoms. The fraction of sp³-hybridized carbons (Fsp3) is 0.391. The minimum atomic E-state index is -0.845. The van der Waals surface area contributed by atoms with Crippen LogP contribution in [-0.4, -0.2) is 57.0 Å². The summed E-state index contributed by atoms with van der Waals surface area (Å²) in [5.41, 5.74) is 3.59. The van der Waals surface area contributed by atoms with Crippen molar-refractivity contribution in [2.75, 3.05) is 6.61 Å². The maximum absolute atomic E-state index is 12.8. The van der Waals surface area contributed by atoms with E-state index in [9.17, 15) is 14.4 Å². The van der Waals surface area contributed by atoms with Crippen LogP contribution in [0.4, 0.5) is 4.79 Å². The number of hydrogen-bond acceptors (Lipinski definition) is 7. The van der Waals surface area contributed by atoms with Gasteiger partial charge in [-0.3, -0.25) is 14.7 Å². The van der Waals surface area contributed by atoms with Gasteiger partial charge in [-0.05, 0) is 57.5 Å². The van der Waals surface area contributed by atoms with Gasteiger partial charge in [-0.1, -0.05) is 15.9 Å². The molecule has 166 valence electrons. The molecule has 0 radical (unpaired) electrons. The molecular formula is C23H22BrN3O5. The van der Waals surface area contributed by atoms with Gasteiger partial charge >= 0.3 is 12.1 Å². The van der Waals surface area contributed by atoms with Crippen LogP contribution < -0.4 is 0 Å². The van der Waals surface area contributed by atoms with Gasteiger partial charge in [0.25, 0.3) is 0 Å². The van der Waals surface area contributed by atoms with Crippen molar-refractivity contribution in [3.05, 3.63) is 52.4 Å². The highest BCUT2D eigenvalue weighted by Gasteiger charge is 2.48. The van der Waals surface area contributed by atoms with E-state index in [0.29, 0.717) is 17.5 Å². The third kappa shape index (κ3) is 4.59. The van der Waals surface area contributed by atoms with Gasteiger partial charge in [0.05, 0.1) is 23.3 Å². The number of halogens is 1. The molecule has 0 spiro atoms. The minimum absolute atomic E-state index is 0.0403. The van der Waals surface area contributed by atoms with Crippen LogP contribution in [0.2, 0.25) is 0 Å². The Labute approximate surface area is 193 Å². The number of nitrogens with zero attached hydrogens (tertiary/aromatic N) is 3. The number of benzene rings is 1. The number of amides is 1. The van der Waals surface area contributed by atoms with E-state index in [2.05, 4.69) is 31.6 Å². The molecule has 2 aliphatic rings. The summed E-state index contributed by atoms with van der Waals surface area (Å²) in [5, 5.41) is 0. The first kappa shape index (κ1) is 22.2. The summed E-state index contributed by atoms with van der Waals surface area (Å²) in [6, 6.07) is 4.18. The highest BCUT2D eigenvalue weighted by molar-refractivity contribution is 9.10. The van der Waals surface area contributed by atoms with Crippen molar-refractivity contribution >= 4 is 44.8 Å². The molecule has 8 nitrogen and oxygen atoms in total. The van der Waals surface area contributed by atoms with Gasteiger partial charge < -0.3 is 9.47 Å². The van der Waals surface area contributed by atoms with Crippen molar-refractivity contribution in [3.8, 4) is 0 Å².